The molecule has 2 bridgehead atoms. The van der Waals surface area contributed by atoms with Crippen LogP contribution in [0.25, 0.3) is 10.9 Å². The maximum atomic E-state index is 13.1. The first-order valence-electron chi connectivity index (χ1n) is 11.0. The predicted octanol–water partition coefficient (Wildman–Crippen LogP) is 4.83. The molecule has 160 valence electrons. The fourth-order valence-corrected chi connectivity index (χ4v) is 5.95. The third kappa shape index (κ3) is 3.15. The van der Waals surface area contributed by atoms with E-state index in [0.717, 1.165) is 40.9 Å². The van der Waals surface area contributed by atoms with Crippen LogP contribution in [0.2, 0.25) is 0 Å². The van der Waals surface area contributed by atoms with Gasteiger partial charge in [-0.05, 0) is 71.0 Å². The highest BCUT2D eigenvalue weighted by atomic mass is 127. The summed E-state index contributed by atoms with van der Waals surface area (Å²) in [5, 5.41) is 6.62. The molecule has 1 aliphatic heterocycles. The number of halogens is 1. The van der Waals surface area contributed by atoms with Gasteiger partial charge in [0.25, 0.3) is 11.8 Å². The van der Waals surface area contributed by atoms with Crippen LogP contribution in [0.4, 0.5) is 0 Å². The third-order valence-electron chi connectivity index (χ3n) is 7.13. The van der Waals surface area contributed by atoms with E-state index < -0.39 is 0 Å². The minimum absolute atomic E-state index is 0.141. The largest absolute Gasteiger partial charge is 0.342 e. The molecule has 2 fully saturated rings. The second kappa shape index (κ2) is 7.69. The lowest BCUT2D eigenvalue weighted by Gasteiger charge is -2.37. The van der Waals surface area contributed by atoms with Crippen LogP contribution >= 0.6 is 22.6 Å². The lowest BCUT2D eigenvalue weighted by molar-refractivity contribution is -0.140. The molecule has 2 heterocycles. The second-order valence-electron chi connectivity index (χ2n) is 8.93. The zero-order chi connectivity index (χ0) is 21.8. The van der Waals surface area contributed by atoms with Gasteiger partial charge in [0, 0.05) is 32.8 Å². The number of carbonyl (C=O) groups is 2. The van der Waals surface area contributed by atoms with Crippen molar-refractivity contribution in [3.05, 3.63) is 81.6 Å². The lowest BCUT2D eigenvalue weighted by Crippen LogP contribution is -2.38. The Morgan fingerprint density at radius 2 is 1.59 bits per heavy atom. The molecule has 4 aliphatic rings. The Labute approximate surface area is 199 Å². The molecule has 7 rings (SSSR count). The van der Waals surface area contributed by atoms with Crippen molar-refractivity contribution < 1.29 is 9.59 Å². The van der Waals surface area contributed by atoms with Crippen molar-refractivity contribution in [3.8, 4) is 0 Å². The Hall–Kier alpha value is -2.74. The van der Waals surface area contributed by atoms with E-state index in [4.69, 9.17) is 0 Å². The van der Waals surface area contributed by atoms with Crippen LogP contribution in [0.5, 0.6) is 0 Å². The van der Waals surface area contributed by atoms with Gasteiger partial charge in [0.2, 0.25) is 0 Å². The number of hydrogen-bond acceptors (Lipinski definition) is 3. The number of para-hydroxylation sites is 1. The monoisotopic (exact) mass is 535 g/mol. The van der Waals surface area contributed by atoms with Crippen molar-refractivity contribution in [3.63, 3.8) is 0 Å². The van der Waals surface area contributed by atoms with Crippen molar-refractivity contribution in [2.24, 2.45) is 28.8 Å². The van der Waals surface area contributed by atoms with Crippen LogP contribution in [-0.2, 0) is 16.1 Å². The van der Waals surface area contributed by atoms with E-state index in [1.807, 2.05) is 12.1 Å². The van der Waals surface area contributed by atoms with Gasteiger partial charge in [0.05, 0.1) is 18.1 Å². The van der Waals surface area contributed by atoms with Crippen LogP contribution in [0.15, 0.2) is 72.0 Å². The minimum atomic E-state index is -0.231. The van der Waals surface area contributed by atoms with E-state index in [-0.39, 0.29) is 35.5 Å². The highest BCUT2D eigenvalue weighted by Crippen LogP contribution is 2.49. The predicted molar refractivity (Wildman–Crippen MR) is 132 cm³/mol. The van der Waals surface area contributed by atoms with Crippen molar-refractivity contribution in [2.45, 2.75) is 19.4 Å². The molecule has 2 amide bonds. The third-order valence-corrected chi connectivity index (χ3v) is 7.85. The number of hydrazone groups is 1. The number of hydrogen-bond donors (Lipinski definition) is 0. The van der Waals surface area contributed by atoms with Crippen LogP contribution in [0, 0.1) is 27.2 Å². The van der Waals surface area contributed by atoms with E-state index in [0.29, 0.717) is 0 Å². The van der Waals surface area contributed by atoms with Crippen molar-refractivity contribution in [1.29, 1.82) is 0 Å². The minimum Gasteiger partial charge on any atom is -0.342 e. The van der Waals surface area contributed by atoms with Crippen molar-refractivity contribution >= 4 is 51.5 Å². The molecule has 1 saturated carbocycles. The van der Waals surface area contributed by atoms with Gasteiger partial charge < -0.3 is 4.57 Å². The highest BCUT2D eigenvalue weighted by Gasteiger charge is 2.56. The van der Waals surface area contributed by atoms with Gasteiger partial charge in [-0.1, -0.05) is 42.5 Å². The molecule has 2 aromatic carbocycles. The normalized spacial score (nSPS) is 26.6. The van der Waals surface area contributed by atoms with E-state index >= 15 is 0 Å². The molecule has 0 unspecified atom stereocenters. The van der Waals surface area contributed by atoms with Crippen molar-refractivity contribution in [2.75, 3.05) is 0 Å². The fourth-order valence-electron chi connectivity index (χ4n) is 5.59. The zero-order valence-electron chi connectivity index (χ0n) is 17.4. The summed E-state index contributed by atoms with van der Waals surface area (Å²) in [5.74, 6) is -0.387. The number of amides is 2. The van der Waals surface area contributed by atoms with E-state index in [1.54, 1.807) is 6.21 Å². The molecule has 3 aliphatic carbocycles. The van der Waals surface area contributed by atoms with E-state index in [1.165, 1.54) is 9.13 Å². The number of fused-ring (bicyclic) bond motifs is 2. The topological polar surface area (TPSA) is 54.7 Å². The Kier molecular flexibility index (Phi) is 4.78. The first-order valence-corrected chi connectivity index (χ1v) is 12.1. The molecule has 0 N–H and O–H groups in total. The van der Waals surface area contributed by atoms with Crippen LogP contribution in [0.1, 0.15) is 24.0 Å². The maximum absolute atomic E-state index is 13.1. The number of imide groups is 1. The molecular formula is C26H22IN3O2. The highest BCUT2D eigenvalue weighted by molar-refractivity contribution is 14.1. The number of aromatic nitrogens is 1. The molecule has 4 atom stereocenters. The van der Waals surface area contributed by atoms with Crippen LogP contribution < -0.4 is 0 Å². The summed E-state index contributed by atoms with van der Waals surface area (Å²) >= 11 is 2.31. The van der Waals surface area contributed by atoms with Gasteiger partial charge in [0.15, 0.2) is 0 Å². The molecule has 6 heteroatoms. The first-order chi connectivity index (χ1) is 15.6. The van der Waals surface area contributed by atoms with Gasteiger partial charge in [0.1, 0.15) is 0 Å². The first kappa shape index (κ1) is 19.9. The average Bonchev–Trinajstić information content (AvgIpc) is 3.31. The quantitative estimate of drug-likeness (QED) is 0.208. The summed E-state index contributed by atoms with van der Waals surface area (Å²) in [6, 6.07) is 16.6. The molecule has 1 aromatic heterocycles. The van der Waals surface area contributed by atoms with Crippen LogP contribution in [0.3, 0.4) is 0 Å². The molecule has 0 radical (unpaired) electrons. The van der Waals surface area contributed by atoms with Gasteiger partial charge in [-0.3, -0.25) is 9.59 Å². The fraction of sp³-hybridized carbons (Fsp3) is 0.269. The SMILES string of the molecule is O=C1[C@@H]2[C@@H](C(=O)N1/N=C\c1cn(Cc3ccc(I)cc3)c3ccccc13)[C@H]1C=C[C@H]2CC1. The smallest absolute Gasteiger partial charge is 0.254 e. The standard InChI is InChI=1S/C26H22IN3O2/c27-20-11-5-16(6-12-20)14-29-15-19(21-3-1-2-4-22(21)29)13-28-30-25(31)23-17-7-8-18(10-9-17)24(23)26(30)32/h1-8,11-13,15,17-18,23-24H,9-10,14H2/b28-13-/t17-,18-,23-,24-/m0/s1. The molecule has 32 heavy (non-hydrogen) atoms. The molecule has 1 saturated heterocycles. The summed E-state index contributed by atoms with van der Waals surface area (Å²) in [4.78, 5) is 26.1. The second-order valence-corrected chi connectivity index (χ2v) is 10.2. The Bertz CT molecular complexity index is 1260. The van der Waals surface area contributed by atoms with Gasteiger partial charge in [-0.25, -0.2) is 0 Å². The zero-order valence-corrected chi connectivity index (χ0v) is 19.6. The Morgan fingerprint density at radius 3 is 2.25 bits per heavy atom. The lowest BCUT2D eigenvalue weighted by atomic mass is 9.63. The summed E-state index contributed by atoms with van der Waals surface area (Å²) in [5.41, 5.74) is 3.22. The molecular weight excluding hydrogens is 513 g/mol. The van der Waals surface area contributed by atoms with Crippen molar-refractivity contribution in [1.82, 2.24) is 9.58 Å². The van der Waals surface area contributed by atoms with E-state index in [9.17, 15) is 9.59 Å². The van der Waals surface area contributed by atoms with Crippen LogP contribution in [-0.4, -0.2) is 27.6 Å². The van der Waals surface area contributed by atoms with Gasteiger partial charge >= 0.3 is 0 Å². The molecule has 3 aromatic rings. The Morgan fingerprint density at radius 1 is 0.938 bits per heavy atom. The van der Waals surface area contributed by atoms with Gasteiger partial charge in [-0.15, -0.1) is 0 Å². The van der Waals surface area contributed by atoms with E-state index in [2.05, 4.69) is 87.0 Å². The van der Waals surface area contributed by atoms with Gasteiger partial charge in [-0.2, -0.15) is 10.1 Å². The summed E-state index contributed by atoms with van der Waals surface area (Å²) in [6.07, 6.45) is 9.97. The summed E-state index contributed by atoms with van der Waals surface area (Å²) < 4.78 is 3.40. The Balaban J connectivity index is 1.32. The summed E-state index contributed by atoms with van der Waals surface area (Å²) in [7, 11) is 0. The maximum Gasteiger partial charge on any atom is 0.254 e. The number of rotatable bonds is 4. The number of allylic oxidation sites excluding steroid dienone is 2. The number of carbonyl (C=O) groups excluding carboxylic acids is 2. The number of benzene rings is 2. The summed E-state index contributed by atoms with van der Waals surface area (Å²) in [6.45, 7) is 0.742. The average molecular weight is 535 g/mol. The molecule has 0 spiro atoms. The molecule has 5 nitrogen and oxygen atoms in total. The number of nitrogens with zero attached hydrogens (tertiary/aromatic N) is 3.